The predicted molar refractivity (Wildman–Crippen MR) is 102 cm³/mol. The van der Waals surface area contributed by atoms with Crippen LogP contribution >= 0.6 is 0 Å². The lowest BCUT2D eigenvalue weighted by Gasteiger charge is -2.32. The molecule has 1 N–H and O–H groups in total. The van der Waals surface area contributed by atoms with Crippen LogP contribution in [-0.2, 0) is 6.18 Å². The van der Waals surface area contributed by atoms with Gasteiger partial charge in [0.2, 0.25) is 5.95 Å². The third kappa shape index (κ3) is 3.86. The van der Waals surface area contributed by atoms with Gasteiger partial charge in [-0.05, 0) is 43.3 Å². The van der Waals surface area contributed by atoms with Crippen molar-refractivity contribution in [2.24, 2.45) is 0 Å². The molecule has 4 rings (SSSR count). The summed E-state index contributed by atoms with van der Waals surface area (Å²) >= 11 is 0. The zero-order valence-electron chi connectivity index (χ0n) is 16.0. The maximum atomic E-state index is 13.1. The largest absolute Gasteiger partial charge is 0.416 e. The van der Waals surface area contributed by atoms with E-state index in [1.807, 2.05) is 0 Å². The summed E-state index contributed by atoms with van der Waals surface area (Å²) < 4.78 is 52.9. The number of carbonyl (C=O) groups excluding carboxylic acids is 2. The molecule has 0 saturated carbocycles. The lowest BCUT2D eigenvalue weighted by molar-refractivity contribution is -0.137. The molecule has 0 radical (unpaired) electrons. The van der Waals surface area contributed by atoms with E-state index in [2.05, 4.69) is 15.4 Å². The topological polar surface area (TPSA) is 80.1 Å². The second-order valence-corrected chi connectivity index (χ2v) is 6.98. The number of alkyl halides is 3. The molecule has 3 aromatic rings. The first-order valence-corrected chi connectivity index (χ1v) is 9.14. The Hall–Kier alpha value is -3.76. The number of hydrogen-bond donors (Lipinski definition) is 1. The molecule has 7 nitrogen and oxygen atoms in total. The second kappa shape index (κ2) is 7.49. The van der Waals surface area contributed by atoms with Crippen molar-refractivity contribution < 1.29 is 27.2 Å². The summed E-state index contributed by atoms with van der Waals surface area (Å²) in [5, 5.41) is 6.64. The normalized spacial score (nSPS) is 16.2. The fourth-order valence-electron chi connectivity index (χ4n) is 3.33. The summed E-state index contributed by atoms with van der Waals surface area (Å²) in [5.41, 5.74) is -0.343. The molecule has 2 amide bonds. The molecule has 0 saturated heterocycles. The van der Waals surface area contributed by atoms with Crippen molar-refractivity contribution >= 4 is 23.2 Å². The number of hydrogen-bond acceptors (Lipinski definition) is 4. The van der Waals surface area contributed by atoms with Crippen molar-refractivity contribution in [3.8, 4) is 0 Å². The lowest BCUT2D eigenvalue weighted by Crippen LogP contribution is -2.43. The first-order valence-electron chi connectivity index (χ1n) is 9.14. The highest BCUT2D eigenvalue weighted by Crippen LogP contribution is 2.33. The number of nitrogens with zero attached hydrogens (tertiary/aromatic N) is 4. The van der Waals surface area contributed by atoms with Crippen molar-refractivity contribution in [2.45, 2.75) is 19.1 Å². The Labute approximate surface area is 173 Å². The van der Waals surface area contributed by atoms with Crippen LogP contribution in [0.25, 0.3) is 0 Å². The van der Waals surface area contributed by atoms with Crippen LogP contribution in [0.5, 0.6) is 0 Å². The number of nitrogens with one attached hydrogen (secondary N) is 1. The van der Waals surface area contributed by atoms with Crippen LogP contribution in [0.15, 0.2) is 48.8 Å². The minimum Gasteiger partial charge on any atom is -0.320 e. The number of rotatable bonds is 3. The fraction of sp³-hybridized carbons (Fsp3) is 0.200. The van der Waals surface area contributed by atoms with E-state index in [0.29, 0.717) is 0 Å². The standard InChI is InChI=1S/C20H15F4N5O2/c1-11-10-28(14-5-2-12(3-6-14)20(22,23)24)19(31)17-15(9-26-29(11)17)18(30)27-13-4-7-16(21)25-8-13/h2-9,11H,10H2,1H3,(H,27,30)/t11-/m0/s1. The number of carbonyl (C=O) groups is 2. The van der Waals surface area contributed by atoms with E-state index in [1.54, 1.807) is 6.92 Å². The SMILES string of the molecule is C[C@H]1CN(c2ccc(C(F)(F)F)cc2)C(=O)c2c(C(=O)Nc3ccc(F)nc3)cnn21. The van der Waals surface area contributed by atoms with Crippen molar-refractivity contribution in [1.82, 2.24) is 14.8 Å². The number of fused-ring (bicyclic) bond motifs is 1. The van der Waals surface area contributed by atoms with E-state index in [4.69, 9.17) is 0 Å². The number of aromatic nitrogens is 3. The minimum atomic E-state index is -4.49. The summed E-state index contributed by atoms with van der Waals surface area (Å²) in [7, 11) is 0. The Morgan fingerprint density at radius 2 is 1.84 bits per heavy atom. The molecule has 31 heavy (non-hydrogen) atoms. The van der Waals surface area contributed by atoms with Crippen LogP contribution < -0.4 is 10.2 Å². The van der Waals surface area contributed by atoms with E-state index in [1.165, 1.54) is 34.0 Å². The van der Waals surface area contributed by atoms with Crippen LogP contribution in [0.1, 0.15) is 39.4 Å². The number of anilines is 2. The molecule has 2 aromatic heterocycles. The summed E-state index contributed by atoms with van der Waals surface area (Å²) in [6.07, 6.45) is -2.12. The fourth-order valence-corrected chi connectivity index (χ4v) is 3.33. The quantitative estimate of drug-likeness (QED) is 0.502. The molecule has 11 heteroatoms. The number of benzene rings is 1. The number of amides is 2. The second-order valence-electron chi connectivity index (χ2n) is 6.98. The van der Waals surface area contributed by atoms with Gasteiger partial charge in [-0.15, -0.1) is 0 Å². The third-order valence-corrected chi connectivity index (χ3v) is 4.84. The van der Waals surface area contributed by atoms with E-state index >= 15 is 0 Å². The van der Waals surface area contributed by atoms with Crippen molar-refractivity contribution in [3.63, 3.8) is 0 Å². The molecule has 3 heterocycles. The van der Waals surface area contributed by atoms with Gasteiger partial charge in [-0.2, -0.15) is 22.7 Å². The first-order chi connectivity index (χ1) is 14.6. The van der Waals surface area contributed by atoms with E-state index in [-0.39, 0.29) is 35.2 Å². The molecule has 0 unspecified atom stereocenters. The Morgan fingerprint density at radius 3 is 2.45 bits per heavy atom. The average Bonchev–Trinajstić information content (AvgIpc) is 3.18. The number of pyridine rings is 1. The molecule has 1 aromatic carbocycles. The van der Waals surface area contributed by atoms with Gasteiger partial charge in [0.05, 0.1) is 35.2 Å². The number of halogens is 4. The molecule has 1 aliphatic rings. The molecular formula is C20H15F4N5O2. The predicted octanol–water partition coefficient (Wildman–Crippen LogP) is 3.91. The zero-order chi connectivity index (χ0) is 22.3. The molecule has 1 atom stereocenters. The average molecular weight is 433 g/mol. The van der Waals surface area contributed by atoms with Gasteiger partial charge >= 0.3 is 6.18 Å². The van der Waals surface area contributed by atoms with Crippen LogP contribution in [-0.4, -0.2) is 33.1 Å². The summed E-state index contributed by atoms with van der Waals surface area (Å²) in [4.78, 5) is 30.6. The zero-order valence-corrected chi connectivity index (χ0v) is 16.0. The Bertz CT molecular complexity index is 1140. The van der Waals surface area contributed by atoms with Gasteiger partial charge in [0.1, 0.15) is 5.69 Å². The van der Waals surface area contributed by atoms with Gasteiger partial charge in [0.25, 0.3) is 11.8 Å². The van der Waals surface area contributed by atoms with Crippen molar-refractivity contribution in [2.75, 3.05) is 16.8 Å². The van der Waals surface area contributed by atoms with E-state index < -0.39 is 29.5 Å². The van der Waals surface area contributed by atoms with Crippen LogP contribution in [0.2, 0.25) is 0 Å². The highest BCUT2D eigenvalue weighted by atomic mass is 19.4. The van der Waals surface area contributed by atoms with Crippen molar-refractivity contribution in [1.29, 1.82) is 0 Å². The van der Waals surface area contributed by atoms with Gasteiger partial charge in [-0.3, -0.25) is 14.3 Å². The molecule has 0 bridgehead atoms. The van der Waals surface area contributed by atoms with Gasteiger partial charge < -0.3 is 10.2 Å². The molecule has 1 aliphatic heterocycles. The highest BCUT2D eigenvalue weighted by molar-refractivity contribution is 6.15. The molecule has 160 valence electrons. The van der Waals surface area contributed by atoms with Crippen LogP contribution in [0.4, 0.5) is 28.9 Å². The summed E-state index contributed by atoms with van der Waals surface area (Å²) in [6.45, 7) is 1.94. The summed E-state index contributed by atoms with van der Waals surface area (Å²) in [6, 6.07) is 6.27. The van der Waals surface area contributed by atoms with E-state index in [9.17, 15) is 27.2 Å². The molecule has 0 aliphatic carbocycles. The van der Waals surface area contributed by atoms with Gasteiger partial charge in [0, 0.05) is 12.2 Å². The van der Waals surface area contributed by atoms with Gasteiger partial charge in [0.15, 0.2) is 0 Å². The maximum absolute atomic E-state index is 13.1. The Balaban J connectivity index is 1.64. The Kier molecular flexibility index (Phi) is 4.96. The van der Waals surface area contributed by atoms with Gasteiger partial charge in [-0.25, -0.2) is 4.98 Å². The molecular weight excluding hydrogens is 418 g/mol. The molecule has 0 spiro atoms. The smallest absolute Gasteiger partial charge is 0.320 e. The van der Waals surface area contributed by atoms with Crippen LogP contribution in [0.3, 0.4) is 0 Å². The maximum Gasteiger partial charge on any atom is 0.416 e. The monoisotopic (exact) mass is 433 g/mol. The first kappa shape index (κ1) is 20.5. The molecule has 0 fully saturated rings. The van der Waals surface area contributed by atoms with E-state index in [0.717, 1.165) is 24.4 Å². The Morgan fingerprint density at radius 1 is 1.13 bits per heavy atom. The lowest BCUT2D eigenvalue weighted by atomic mass is 10.1. The van der Waals surface area contributed by atoms with Gasteiger partial charge in [-0.1, -0.05) is 0 Å². The highest BCUT2D eigenvalue weighted by Gasteiger charge is 2.36. The minimum absolute atomic E-state index is 0.00576. The van der Waals surface area contributed by atoms with Crippen LogP contribution in [0, 0.1) is 5.95 Å². The van der Waals surface area contributed by atoms with Crippen molar-refractivity contribution in [3.05, 3.63) is 71.6 Å². The third-order valence-electron chi connectivity index (χ3n) is 4.84. The summed E-state index contributed by atoms with van der Waals surface area (Å²) in [5.74, 6) is -1.93.